The lowest BCUT2D eigenvalue weighted by atomic mass is 10.2. The lowest BCUT2D eigenvalue weighted by Gasteiger charge is -1.99. The topological polar surface area (TPSA) is 103 Å². The van der Waals surface area contributed by atoms with Crippen molar-refractivity contribution in [3.63, 3.8) is 0 Å². The Bertz CT molecular complexity index is 859. The molecule has 1 aromatic carbocycles. The molecular formula is C17H19N5O3S. The summed E-state index contributed by atoms with van der Waals surface area (Å²) in [5.74, 6) is 1.70. The molecule has 26 heavy (non-hydrogen) atoms. The van der Waals surface area contributed by atoms with E-state index in [4.69, 9.17) is 9.26 Å². The van der Waals surface area contributed by atoms with E-state index in [-0.39, 0.29) is 5.91 Å². The lowest BCUT2D eigenvalue weighted by Crippen LogP contribution is -2.11. The van der Waals surface area contributed by atoms with Crippen LogP contribution in [0.2, 0.25) is 0 Å². The van der Waals surface area contributed by atoms with Crippen molar-refractivity contribution in [2.24, 2.45) is 0 Å². The summed E-state index contributed by atoms with van der Waals surface area (Å²) >= 11 is 1.39. The Morgan fingerprint density at radius 2 is 2.08 bits per heavy atom. The number of nitrogens with one attached hydrogen (secondary N) is 1. The molecule has 1 N–H and O–H groups in total. The standard InChI is InChI=1S/C17H19N5O3S/c1-3-15-20-21-17(26-15)18-13(23)5-4-6-14-19-16(22-25-14)11-7-9-12(24-2)10-8-11/h7-10H,3-6H2,1-2H3,(H,18,21,23). The van der Waals surface area contributed by atoms with E-state index in [1.165, 1.54) is 11.3 Å². The average molecular weight is 373 g/mol. The number of nitrogens with zero attached hydrogens (tertiary/aromatic N) is 4. The van der Waals surface area contributed by atoms with Gasteiger partial charge >= 0.3 is 0 Å². The van der Waals surface area contributed by atoms with Crippen molar-refractivity contribution >= 4 is 22.4 Å². The highest BCUT2D eigenvalue weighted by Gasteiger charge is 2.11. The fraction of sp³-hybridized carbons (Fsp3) is 0.353. The van der Waals surface area contributed by atoms with Gasteiger partial charge in [-0.2, -0.15) is 4.98 Å². The van der Waals surface area contributed by atoms with E-state index < -0.39 is 0 Å². The monoisotopic (exact) mass is 373 g/mol. The van der Waals surface area contributed by atoms with Crippen LogP contribution in [0.3, 0.4) is 0 Å². The maximum atomic E-state index is 11.9. The Hall–Kier alpha value is -2.81. The molecule has 1 amide bonds. The van der Waals surface area contributed by atoms with Gasteiger partial charge in [0.25, 0.3) is 0 Å². The van der Waals surface area contributed by atoms with Gasteiger partial charge in [0.1, 0.15) is 10.8 Å². The summed E-state index contributed by atoms with van der Waals surface area (Å²) in [6, 6.07) is 7.42. The van der Waals surface area contributed by atoms with Crippen LogP contribution in [-0.4, -0.2) is 33.4 Å². The molecule has 0 aliphatic rings. The lowest BCUT2D eigenvalue weighted by molar-refractivity contribution is -0.116. The van der Waals surface area contributed by atoms with Crippen LogP contribution in [-0.2, 0) is 17.6 Å². The molecule has 8 nitrogen and oxygen atoms in total. The van der Waals surface area contributed by atoms with Crippen molar-refractivity contribution < 1.29 is 14.1 Å². The molecular weight excluding hydrogens is 354 g/mol. The predicted molar refractivity (Wildman–Crippen MR) is 97.1 cm³/mol. The molecule has 3 aromatic rings. The largest absolute Gasteiger partial charge is 0.497 e. The third-order valence-corrected chi connectivity index (χ3v) is 4.61. The SMILES string of the molecule is CCc1nnc(NC(=O)CCCc2nc(-c3ccc(OC)cc3)no2)s1. The van der Waals surface area contributed by atoms with Crippen LogP contribution in [0.4, 0.5) is 5.13 Å². The van der Waals surface area contributed by atoms with Crippen molar-refractivity contribution in [2.75, 3.05) is 12.4 Å². The third kappa shape index (κ3) is 4.63. The molecule has 0 fully saturated rings. The first-order chi connectivity index (χ1) is 12.7. The Labute approximate surface area is 154 Å². The number of methoxy groups -OCH3 is 1. The van der Waals surface area contributed by atoms with Crippen LogP contribution in [0.5, 0.6) is 5.75 Å². The number of aryl methyl sites for hydroxylation is 2. The van der Waals surface area contributed by atoms with Crippen molar-refractivity contribution in [2.45, 2.75) is 32.6 Å². The summed E-state index contributed by atoms with van der Waals surface area (Å²) in [6.45, 7) is 2.00. The Morgan fingerprint density at radius 3 is 2.77 bits per heavy atom. The number of carbonyl (C=O) groups is 1. The minimum Gasteiger partial charge on any atom is -0.497 e. The molecule has 0 spiro atoms. The van der Waals surface area contributed by atoms with E-state index in [0.29, 0.717) is 36.1 Å². The Morgan fingerprint density at radius 1 is 1.27 bits per heavy atom. The van der Waals surface area contributed by atoms with Gasteiger partial charge in [-0.3, -0.25) is 4.79 Å². The molecule has 2 aromatic heterocycles. The van der Waals surface area contributed by atoms with Crippen LogP contribution in [0.25, 0.3) is 11.4 Å². The summed E-state index contributed by atoms with van der Waals surface area (Å²) in [6.07, 6.45) is 2.30. The molecule has 0 aliphatic heterocycles. The first-order valence-electron chi connectivity index (χ1n) is 8.27. The van der Waals surface area contributed by atoms with Crippen molar-refractivity contribution in [3.05, 3.63) is 35.2 Å². The molecule has 136 valence electrons. The number of hydrogen-bond acceptors (Lipinski definition) is 8. The summed E-state index contributed by atoms with van der Waals surface area (Å²) in [4.78, 5) is 16.3. The minimum absolute atomic E-state index is 0.0984. The number of rotatable bonds is 8. The van der Waals surface area contributed by atoms with E-state index in [1.807, 2.05) is 31.2 Å². The maximum Gasteiger partial charge on any atom is 0.226 e. The van der Waals surface area contributed by atoms with Gasteiger partial charge in [-0.1, -0.05) is 23.4 Å². The van der Waals surface area contributed by atoms with Crippen LogP contribution in [0, 0.1) is 0 Å². The van der Waals surface area contributed by atoms with Crippen molar-refractivity contribution in [1.82, 2.24) is 20.3 Å². The Balaban J connectivity index is 1.47. The van der Waals surface area contributed by atoms with Gasteiger partial charge in [-0.05, 0) is 37.1 Å². The van der Waals surface area contributed by atoms with Gasteiger partial charge in [0.2, 0.25) is 22.8 Å². The normalized spacial score (nSPS) is 10.7. The molecule has 0 bridgehead atoms. The van der Waals surface area contributed by atoms with Crippen LogP contribution < -0.4 is 10.1 Å². The van der Waals surface area contributed by atoms with Crippen molar-refractivity contribution in [3.8, 4) is 17.1 Å². The predicted octanol–water partition coefficient (Wildman–Crippen LogP) is 3.12. The fourth-order valence-corrected chi connectivity index (χ4v) is 2.94. The number of ether oxygens (including phenoxy) is 1. The number of benzene rings is 1. The third-order valence-electron chi connectivity index (χ3n) is 3.63. The van der Waals surface area contributed by atoms with Gasteiger partial charge in [-0.15, -0.1) is 10.2 Å². The van der Waals surface area contributed by atoms with Crippen LogP contribution in [0.15, 0.2) is 28.8 Å². The molecule has 0 radical (unpaired) electrons. The summed E-state index contributed by atoms with van der Waals surface area (Å²) in [7, 11) is 1.62. The van der Waals surface area contributed by atoms with E-state index in [1.54, 1.807) is 7.11 Å². The zero-order valence-electron chi connectivity index (χ0n) is 14.6. The van der Waals surface area contributed by atoms with Crippen LogP contribution in [0.1, 0.15) is 30.7 Å². The zero-order chi connectivity index (χ0) is 18.4. The summed E-state index contributed by atoms with van der Waals surface area (Å²) < 4.78 is 10.4. The number of hydrogen-bond donors (Lipinski definition) is 1. The first-order valence-corrected chi connectivity index (χ1v) is 9.09. The van der Waals surface area contributed by atoms with Gasteiger partial charge in [0, 0.05) is 18.4 Å². The van der Waals surface area contributed by atoms with E-state index >= 15 is 0 Å². The second-order valence-corrected chi connectivity index (χ2v) is 6.56. The summed E-state index contributed by atoms with van der Waals surface area (Å²) in [5.41, 5.74) is 0.849. The quantitative estimate of drug-likeness (QED) is 0.647. The highest BCUT2D eigenvalue weighted by Crippen LogP contribution is 2.20. The number of amides is 1. The molecule has 0 aliphatic carbocycles. The smallest absolute Gasteiger partial charge is 0.226 e. The maximum absolute atomic E-state index is 11.9. The zero-order valence-corrected chi connectivity index (χ0v) is 15.4. The highest BCUT2D eigenvalue weighted by molar-refractivity contribution is 7.15. The molecule has 0 saturated heterocycles. The van der Waals surface area contributed by atoms with Gasteiger partial charge in [0.15, 0.2) is 0 Å². The van der Waals surface area contributed by atoms with Gasteiger partial charge < -0.3 is 14.6 Å². The molecule has 2 heterocycles. The van der Waals surface area contributed by atoms with Gasteiger partial charge in [-0.25, -0.2) is 0 Å². The van der Waals surface area contributed by atoms with Gasteiger partial charge in [0.05, 0.1) is 7.11 Å². The van der Waals surface area contributed by atoms with E-state index in [2.05, 4.69) is 25.7 Å². The molecule has 9 heteroatoms. The fourth-order valence-electron chi connectivity index (χ4n) is 2.24. The second-order valence-electron chi connectivity index (χ2n) is 5.50. The number of carbonyl (C=O) groups excluding carboxylic acids is 1. The molecule has 3 rings (SSSR count). The molecule has 0 saturated carbocycles. The average Bonchev–Trinajstić information content (AvgIpc) is 3.31. The first kappa shape index (κ1) is 18.0. The van der Waals surface area contributed by atoms with E-state index in [0.717, 1.165) is 22.7 Å². The molecule has 0 unspecified atom stereocenters. The second kappa shape index (κ2) is 8.52. The molecule has 0 atom stereocenters. The number of aromatic nitrogens is 4. The highest BCUT2D eigenvalue weighted by atomic mass is 32.1. The minimum atomic E-state index is -0.0984. The van der Waals surface area contributed by atoms with Crippen LogP contribution >= 0.6 is 11.3 Å². The summed E-state index contributed by atoms with van der Waals surface area (Å²) in [5, 5.41) is 16.1. The van der Waals surface area contributed by atoms with E-state index in [9.17, 15) is 4.79 Å². The number of anilines is 1. The van der Waals surface area contributed by atoms with Crippen molar-refractivity contribution in [1.29, 1.82) is 0 Å². The Kier molecular flexibility index (Phi) is 5.90.